The van der Waals surface area contributed by atoms with E-state index in [0.717, 1.165) is 45.6 Å². The van der Waals surface area contributed by atoms with Gasteiger partial charge in [-0.3, -0.25) is 0 Å². The van der Waals surface area contributed by atoms with Crippen molar-refractivity contribution in [2.45, 2.75) is 0 Å². The van der Waals surface area contributed by atoms with Crippen LogP contribution in [0.2, 0.25) is 0 Å². The molecule has 9 aromatic carbocycles. The maximum absolute atomic E-state index is 6.79. The molecule has 0 saturated carbocycles. The molecule has 6 heteroatoms. The van der Waals surface area contributed by atoms with Crippen LogP contribution in [0.5, 0.6) is 11.5 Å². The number of rotatable bonds is 3. The SMILES string of the molecule is c1ccc(N2c3ccccc3N(c3ccc(B4c5ccccc5[Si]5(c6ccccc64)c4ccccc4B4c6ccccc6Oc6cccc5c64)cc3)c3ccccc32)cc1. The third-order valence-electron chi connectivity index (χ3n) is 13.5. The van der Waals surface area contributed by atoms with Gasteiger partial charge in [-0.1, -0.05) is 180 Å². The molecule has 0 bridgehead atoms. The van der Waals surface area contributed by atoms with Gasteiger partial charge in [-0.05, 0) is 92.3 Å². The quantitative estimate of drug-likeness (QED) is 0.203. The number of para-hydroxylation sites is 6. The van der Waals surface area contributed by atoms with Crippen molar-refractivity contribution >= 4 is 109 Å². The Labute approximate surface area is 352 Å². The molecular formula is C54H36B2N2OSi. The van der Waals surface area contributed by atoms with Gasteiger partial charge < -0.3 is 14.5 Å². The number of benzene rings is 9. The van der Waals surface area contributed by atoms with Crippen molar-refractivity contribution in [3.63, 3.8) is 0 Å². The van der Waals surface area contributed by atoms with Gasteiger partial charge >= 0.3 is 0 Å². The first kappa shape index (κ1) is 33.7. The van der Waals surface area contributed by atoms with Crippen LogP contribution < -0.4 is 68.1 Å². The van der Waals surface area contributed by atoms with Gasteiger partial charge in [0.1, 0.15) is 11.5 Å². The summed E-state index contributed by atoms with van der Waals surface area (Å²) in [6, 6.07) is 81.2. The first-order valence-electron chi connectivity index (χ1n) is 20.9. The van der Waals surface area contributed by atoms with Crippen molar-refractivity contribution in [2.24, 2.45) is 0 Å². The Hall–Kier alpha value is -7.27. The first-order valence-corrected chi connectivity index (χ1v) is 22.9. The molecule has 0 unspecified atom stereocenters. The number of hydrogen-bond acceptors (Lipinski definition) is 3. The molecule has 0 N–H and O–H groups in total. The lowest BCUT2D eigenvalue weighted by Crippen LogP contribution is -2.93. The highest BCUT2D eigenvalue weighted by molar-refractivity contribution is 7.31. The lowest BCUT2D eigenvalue weighted by molar-refractivity contribution is 0.488. The van der Waals surface area contributed by atoms with Crippen molar-refractivity contribution in [3.8, 4) is 11.5 Å². The van der Waals surface area contributed by atoms with E-state index >= 15 is 0 Å². The lowest BCUT2D eigenvalue weighted by atomic mass is 9.35. The normalized spacial score (nSPS) is 14.5. The Balaban J connectivity index is 0.988. The maximum Gasteiger partial charge on any atom is 0.250 e. The summed E-state index contributed by atoms with van der Waals surface area (Å²) >= 11 is 0. The van der Waals surface area contributed by atoms with Crippen LogP contribution in [0.25, 0.3) is 0 Å². The summed E-state index contributed by atoms with van der Waals surface area (Å²) in [5, 5.41) is 5.86. The van der Waals surface area contributed by atoms with Gasteiger partial charge in [-0.25, -0.2) is 0 Å². The van der Waals surface area contributed by atoms with Crippen LogP contribution in [0.15, 0.2) is 218 Å². The smallest absolute Gasteiger partial charge is 0.250 e. The van der Waals surface area contributed by atoms with E-state index in [0.29, 0.717) is 0 Å². The second-order valence-corrected chi connectivity index (χ2v) is 20.0. The third-order valence-corrected chi connectivity index (χ3v) is 18.5. The predicted molar refractivity (Wildman–Crippen MR) is 255 cm³/mol. The van der Waals surface area contributed by atoms with Gasteiger partial charge in [-0.15, -0.1) is 0 Å². The summed E-state index contributed by atoms with van der Waals surface area (Å²) in [5.41, 5.74) is 15.0. The second kappa shape index (κ2) is 12.9. The zero-order valence-corrected chi connectivity index (χ0v) is 33.7. The van der Waals surface area contributed by atoms with E-state index in [-0.39, 0.29) is 13.4 Å². The first-order chi connectivity index (χ1) is 29.8. The Morgan fingerprint density at radius 3 is 1.30 bits per heavy atom. The highest BCUT2D eigenvalue weighted by atomic mass is 28.3. The molecule has 13 rings (SSSR count). The van der Waals surface area contributed by atoms with Crippen LogP contribution in [0.4, 0.5) is 34.1 Å². The van der Waals surface area contributed by atoms with E-state index in [2.05, 4.69) is 228 Å². The van der Waals surface area contributed by atoms with Crippen LogP contribution in [0.3, 0.4) is 0 Å². The van der Waals surface area contributed by atoms with Crippen molar-refractivity contribution in [2.75, 3.05) is 9.80 Å². The third kappa shape index (κ3) is 4.51. The van der Waals surface area contributed by atoms with Gasteiger partial charge in [-0.2, -0.15) is 0 Å². The van der Waals surface area contributed by atoms with Crippen molar-refractivity contribution in [1.82, 2.24) is 0 Å². The predicted octanol–water partition coefficient (Wildman–Crippen LogP) is 6.08. The molecule has 4 aliphatic rings. The number of anilines is 6. The van der Waals surface area contributed by atoms with Gasteiger partial charge in [0.15, 0.2) is 8.07 Å². The van der Waals surface area contributed by atoms with Gasteiger partial charge in [0, 0.05) is 11.4 Å². The number of ether oxygens (including phenoxy) is 1. The summed E-state index contributed by atoms with van der Waals surface area (Å²) in [5.74, 6) is 1.94. The standard InChI is InChI=1S/C54H36B2N2OSi/c1-2-17-38(18-3-1)57-44-23-8-10-25-46(44)58(47-26-11-9-24-45(47)57)39-35-33-37(34-36-39)55-41-20-5-13-29-50(41)60(51-30-14-6-21-42(51)55)52-31-15-7-22-43(52)56-40-19-4-12-27-48(40)59-49-28-16-32-53(60)54(49)56/h1-36H. The van der Waals surface area contributed by atoms with Gasteiger partial charge in [0.2, 0.25) is 6.71 Å². The summed E-state index contributed by atoms with van der Waals surface area (Å²) in [4.78, 5) is 4.80. The number of fused-ring (bicyclic) bond motifs is 12. The number of nitrogens with zero attached hydrogens (tertiary/aromatic N) is 2. The molecule has 1 spiro atoms. The zero-order valence-electron chi connectivity index (χ0n) is 32.7. The molecule has 3 nitrogen and oxygen atoms in total. The highest BCUT2D eigenvalue weighted by Gasteiger charge is 2.56. The molecule has 0 fully saturated rings. The summed E-state index contributed by atoms with van der Waals surface area (Å²) in [6.07, 6.45) is 0. The van der Waals surface area contributed by atoms with E-state index < -0.39 is 8.07 Å². The van der Waals surface area contributed by atoms with E-state index in [1.807, 2.05) is 0 Å². The van der Waals surface area contributed by atoms with Crippen LogP contribution in [0.1, 0.15) is 0 Å². The molecule has 0 atom stereocenters. The lowest BCUT2D eigenvalue weighted by Gasteiger charge is -2.48. The minimum Gasteiger partial charge on any atom is -0.458 e. The molecule has 9 aromatic rings. The highest BCUT2D eigenvalue weighted by Crippen LogP contribution is 2.53. The summed E-state index contributed by atoms with van der Waals surface area (Å²) in [7, 11) is -2.85. The zero-order chi connectivity index (χ0) is 39.4. The molecule has 0 aliphatic carbocycles. The fourth-order valence-electron chi connectivity index (χ4n) is 11.2. The van der Waals surface area contributed by atoms with E-state index in [1.54, 1.807) is 0 Å². The van der Waals surface area contributed by atoms with Crippen LogP contribution in [-0.2, 0) is 0 Å². The summed E-state index contributed by atoms with van der Waals surface area (Å²) in [6.45, 7) is 0.186. The maximum atomic E-state index is 6.79. The largest absolute Gasteiger partial charge is 0.458 e. The molecule has 0 saturated heterocycles. The molecule has 4 aliphatic heterocycles. The fraction of sp³-hybridized carbons (Fsp3) is 0. The fourth-order valence-corrected chi connectivity index (χ4v) is 17.0. The van der Waals surface area contributed by atoms with Crippen molar-refractivity contribution < 1.29 is 4.74 Å². The van der Waals surface area contributed by atoms with Gasteiger partial charge in [0.05, 0.1) is 22.7 Å². The number of hydrogen-bond donors (Lipinski definition) is 0. The summed E-state index contributed by atoms with van der Waals surface area (Å²) < 4.78 is 6.79. The molecular weight excluding hydrogens is 742 g/mol. The average molecular weight is 779 g/mol. The van der Waals surface area contributed by atoms with Crippen LogP contribution in [0, 0.1) is 0 Å². The van der Waals surface area contributed by atoms with Crippen molar-refractivity contribution in [1.29, 1.82) is 0 Å². The second-order valence-electron chi connectivity index (χ2n) is 16.3. The average Bonchev–Trinajstić information content (AvgIpc) is 3.32. The Morgan fingerprint density at radius 1 is 0.317 bits per heavy atom. The Morgan fingerprint density at radius 2 is 0.733 bits per heavy atom. The molecule has 60 heavy (non-hydrogen) atoms. The van der Waals surface area contributed by atoms with E-state index in [9.17, 15) is 0 Å². The molecule has 278 valence electrons. The molecule has 0 aromatic heterocycles. The topological polar surface area (TPSA) is 15.7 Å². The minimum absolute atomic E-state index is 0.0699. The van der Waals surface area contributed by atoms with Crippen molar-refractivity contribution in [3.05, 3.63) is 218 Å². The van der Waals surface area contributed by atoms with Crippen LogP contribution >= 0.6 is 0 Å². The Bertz CT molecular complexity index is 3090. The molecule has 4 heterocycles. The minimum atomic E-state index is -2.85. The molecule has 0 radical (unpaired) electrons. The Kier molecular flexibility index (Phi) is 7.22. The van der Waals surface area contributed by atoms with E-state index in [1.165, 1.54) is 53.5 Å². The van der Waals surface area contributed by atoms with Gasteiger partial charge in [0.25, 0.3) is 6.71 Å². The van der Waals surface area contributed by atoms with Crippen LogP contribution in [-0.4, -0.2) is 21.5 Å². The monoisotopic (exact) mass is 778 g/mol. The molecule has 0 amide bonds. The van der Waals surface area contributed by atoms with E-state index in [4.69, 9.17) is 4.74 Å².